The van der Waals surface area contributed by atoms with Gasteiger partial charge in [0, 0.05) is 39.6 Å². The quantitative estimate of drug-likeness (QED) is 0.343. The van der Waals surface area contributed by atoms with Crippen LogP contribution in [-0.4, -0.2) is 44.8 Å². The molecule has 5 nitrogen and oxygen atoms in total. The summed E-state index contributed by atoms with van der Waals surface area (Å²) < 4.78 is 4.96. The van der Waals surface area contributed by atoms with Crippen molar-refractivity contribution in [1.29, 1.82) is 0 Å². The van der Waals surface area contributed by atoms with Crippen molar-refractivity contribution in [3.05, 3.63) is 30.1 Å². The molecule has 1 heterocycles. The highest BCUT2D eigenvalue weighted by Crippen LogP contribution is 1.95. The number of hydrogen-bond acceptors (Lipinski definition) is 3. The number of aromatic nitrogens is 1. The number of ether oxygens (including phenoxy) is 1. The second-order valence-electron chi connectivity index (χ2n) is 3.53. The number of nitrogens with one attached hydrogen (secondary N) is 2. The molecule has 2 N–H and O–H groups in total. The van der Waals surface area contributed by atoms with Crippen LogP contribution in [0.15, 0.2) is 29.5 Å². The highest BCUT2D eigenvalue weighted by molar-refractivity contribution is 14.0. The first-order chi connectivity index (χ1) is 8.36. The molecule has 0 fully saturated rings. The second-order valence-corrected chi connectivity index (χ2v) is 3.53. The van der Waals surface area contributed by atoms with Gasteiger partial charge in [-0.3, -0.25) is 9.98 Å². The normalized spacial score (nSPS) is 10.7. The Morgan fingerprint density at radius 3 is 2.78 bits per heavy atom. The molecular weight excluding hydrogens is 343 g/mol. The van der Waals surface area contributed by atoms with E-state index in [4.69, 9.17) is 4.74 Å². The fraction of sp³-hybridized carbons (Fsp3) is 0.500. The molecule has 102 valence electrons. The minimum atomic E-state index is 0. The zero-order valence-corrected chi connectivity index (χ0v) is 13.2. The minimum absolute atomic E-state index is 0. The summed E-state index contributed by atoms with van der Waals surface area (Å²) in [6, 6.07) is 4.01. The fourth-order valence-corrected chi connectivity index (χ4v) is 1.36. The molecule has 0 radical (unpaired) electrons. The predicted molar refractivity (Wildman–Crippen MR) is 84.6 cm³/mol. The van der Waals surface area contributed by atoms with Crippen LogP contribution in [0.1, 0.15) is 5.56 Å². The number of methoxy groups -OCH3 is 1. The third-order valence-corrected chi connectivity index (χ3v) is 2.25. The van der Waals surface area contributed by atoms with Crippen LogP contribution < -0.4 is 10.6 Å². The molecule has 1 aromatic rings. The Labute approximate surface area is 125 Å². The first-order valence-electron chi connectivity index (χ1n) is 5.69. The topological polar surface area (TPSA) is 58.5 Å². The number of guanidine groups is 1. The van der Waals surface area contributed by atoms with Crippen molar-refractivity contribution >= 4 is 29.9 Å². The number of nitrogens with zero attached hydrogens (tertiary/aromatic N) is 2. The Morgan fingerprint density at radius 1 is 1.39 bits per heavy atom. The zero-order valence-electron chi connectivity index (χ0n) is 10.8. The molecule has 0 spiro atoms. The maximum atomic E-state index is 4.96. The van der Waals surface area contributed by atoms with Crippen molar-refractivity contribution in [1.82, 2.24) is 15.6 Å². The van der Waals surface area contributed by atoms with Crippen LogP contribution in [0.4, 0.5) is 0 Å². The molecule has 0 aliphatic heterocycles. The lowest BCUT2D eigenvalue weighted by Gasteiger charge is -2.11. The number of aliphatic imine (C=N–C) groups is 1. The van der Waals surface area contributed by atoms with Crippen LogP contribution in [0.3, 0.4) is 0 Å². The third kappa shape index (κ3) is 7.44. The number of halogens is 1. The van der Waals surface area contributed by atoms with Gasteiger partial charge < -0.3 is 15.4 Å². The first-order valence-corrected chi connectivity index (χ1v) is 5.69. The Balaban J connectivity index is 0.00000289. The molecule has 1 rings (SSSR count). The van der Waals surface area contributed by atoms with Gasteiger partial charge in [-0.1, -0.05) is 6.07 Å². The van der Waals surface area contributed by atoms with Gasteiger partial charge in [-0.25, -0.2) is 0 Å². The molecule has 0 aromatic carbocycles. The predicted octanol–water partition coefficient (Wildman–Crippen LogP) is 1.05. The van der Waals surface area contributed by atoms with Crippen molar-refractivity contribution in [2.24, 2.45) is 4.99 Å². The van der Waals surface area contributed by atoms with Gasteiger partial charge in [0.2, 0.25) is 0 Å². The van der Waals surface area contributed by atoms with Crippen LogP contribution in [0.25, 0.3) is 0 Å². The molecule has 0 atom stereocenters. The van der Waals surface area contributed by atoms with Crippen LogP contribution in [-0.2, 0) is 11.2 Å². The molecule has 0 saturated heterocycles. The molecule has 0 amide bonds. The largest absolute Gasteiger partial charge is 0.383 e. The molecule has 0 aliphatic carbocycles. The standard InChI is InChI=1S/C12H20N4O.HI/c1-13-12(16-8-9-17-2)15-7-5-11-4-3-6-14-10-11;/h3-4,6,10H,5,7-9H2,1-2H3,(H2,13,15,16);1H. The van der Waals surface area contributed by atoms with Crippen LogP contribution >= 0.6 is 24.0 Å². The van der Waals surface area contributed by atoms with Gasteiger partial charge in [-0.15, -0.1) is 24.0 Å². The highest BCUT2D eigenvalue weighted by atomic mass is 127. The minimum Gasteiger partial charge on any atom is -0.383 e. The molecule has 18 heavy (non-hydrogen) atoms. The van der Waals surface area contributed by atoms with Gasteiger partial charge in [-0.2, -0.15) is 0 Å². The molecule has 0 bridgehead atoms. The maximum absolute atomic E-state index is 4.96. The van der Waals surface area contributed by atoms with Crippen molar-refractivity contribution in [3.63, 3.8) is 0 Å². The Bertz CT molecular complexity index is 332. The lowest BCUT2D eigenvalue weighted by Crippen LogP contribution is -2.39. The Kier molecular flexibility index (Phi) is 10.7. The monoisotopic (exact) mass is 364 g/mol. The highest BCUT2D eigenvalue weighted by Gasteiger charge is 1.96. The molecule has 6 heteroatoms. The Hall–Kier alpha value is -0.890. The molecule has 1 aromatic heterocycles. The van der Waals surface area contributed by atoms with E-state index in [-0.39, 0.29) is 24.0 Å². The van der Waals surface area contributed by atoms with Gasteiger partial charge in [0.25, 0.3) is 0 Å². The van der Waals surface area contributed by atoms with Crippen LogP contribution in [0, 0.1) is 0 Å². The molecule has 0 saturated carbocycles. The van der Waals surface area contributed by atoms with E-state index in [0.717, 1.165) is 25.5 Å². The van der Waals surface area contributed by atoms with E-state index in [1.807, 2.05) is 12.3 Å². The maximum Gasteiger partial charge on any atom is 0.191 e. The van der Waals surface area contributed by atoms with Crippen LogP contribution in [0.2, 0.25) is 0 Å². The number of rotatable bonds is 6. The van der Waals surface area contributed by atoms with E-state index in [9.17, 15) is 0 Å². The lowest BCUT2D eigenvalue weighted by molar-refractivity contribution is 0.203. The summed E-state index contributed by atoms with van der Waals surface area (Å²) in [5, 5.41) is 6.39. The zero-order chi connectivity index (χ0) is 12.3. The van der Waals surface area contributed by atoms with Gasteiger partial charge in [-0.05, 0) is 18.1 Å². The van der Waals surface area contributed by atoms with Crippen molar-refractivity contribution in [2.75, 3.05) is 33.9 Å². The smallest absolute Gasteiger partial charge is 0.191 e. The first kappa shape index (κ1) is 17.1. The summed E-state index contributed by atoms with van der Waals surface area (Å²) in [7, 11) is 3.44. The van der Waals surface area contributed by atoms with Crippen molar-refractivity contribution in [3.8, 4) is 0 Å². The van der Waals surface area contributed by atoms with Crippen molar-refractivity contribution in [2.45, 2.75) is 6.42 Å². The molecule has 0 unspecified atom stereocenters. The van der Waals surface area contributed by atoms with Gasteiger partial charge in [0.1, 0.15) is 0 Å². The summed E-state index contributed by atoms with van der Waals surface area (Å²) >= 11 is 0. The summed E-state index contributed by atoms with van der Waals surface area (Å²) in [6.07, 6.45) is 4.59. The van der Waals surface area contributed by atoms with Crippen molar-refractivity contribution < 1.29 is 4.74 Å². The molecule has 0 aliphatic rings. The second kappa shape index (κ2) is 11.2. The average molecular weight is 364 g/mol. The Morgan fingerprint density at radius 2 is 2.17 bits per heavy atom. The van der Waals surface area contributed by atoms with E-state index in [2.05, 4.69) is 26.7 Å². The van der Waals surface area contributed by atoms with E-state index in [1.165, 1.54) is 5.56 Å². The van der Waals surface area contributed by atoms with E-state index >= 15 is 0 Å². The third-order valence-electron chi connectivity index (χ3n) is 2.25. The number of pyridine rings is 1. The number of hydrogen-bond donors (Lipinski definition) is 2. The van der Waals surface area contributed by atoms with E-state index < -0.39 is 0 Å². The average Bonchev–Trinajstić information content (AvgIpc) is 2.38. The van der Waals surface area contributed by atoms with Gasteiger partial charge >= 0.3 is 0 Å². The molecular formula is C12H21IN4O. The lowest BCUT2D eigenvalue weighted by atomic mass is 10.2. The van der Waals surface area contributed by atoms with Crippen LogP contribution in [0.5, 0.6) is 0 Å². The summed E-state index contributed by atoms with van der Waals surface area (Å²) in [6.45, 7) is 2.25. The van der Waals surface area contributed by atoms with Gasteiger partial charge in [0.05, 0.1) is 6.61 Å². The van der Waals surface area contributed by atoms with E-state index in [1.54, 1.807) is 20.4 Å². The fourth-order valence-electron chi connectivity index (χ4n) is 1.36. The SMILES string of the molecule is CN=C(NCCOC)NCCc1cccnc1.I. The van der Waals surface area contributed by atoms with E-state index in [0.29, 0.717) is 6.61 Å². The summed E-state index contributed by atoms with van der Waals surface area (Å²) in [5.74, 6) is 0.797. The van der Waals surface area contributed by atoms with Gasteiger partial charge in [0.15, 0.2) is 5.96 Å². The summed E-state index contributed by atoms with van der Waals surface area (Å²) in [5.41, 5.74) is 1.22. The summed E-state index contributed by atoms with van der Waals surface area (Å²) in [4.78, 5) is 8.19.